The number of carboxylic acid groups (broad SMARTS) is 1. The van der Waals surface area contributed by atoms with E-state index >= 15 is 0 Å². The van der Waals surface area contributed by atoms with Crippen molar-refractivity contribution in [3.05, 3.63) is 60.2 Å². The molecule has 0 atom stereocenters. The molecule has 0 aliphatic carbocycles. The van der Waals surface area contributed by atoms with Gasteiger partial charge in [-0.1, -0.05) is 44.4 Å². The number of aromatic carboxylic acids is 1. The summed E-state index contributed by atoms with van der Waals surface area (Å²) in [5.74, 6) is -0.948. The Hall–Kier alpha value is -2.53. The Morgan fingerprint density at radius 2 is 1.52 bits per heavy atom. The summed E-state index contributed by atoms with van der Waals surface area (Å²) in [6.07, 6.45) is 5.45. The van der Waals surface area contributed by atoms with Crippen LogP contribution in [-0.4, -0.2) is 24.7 Å². The van der Waals surface area contributed by atoms with E-state index in [2.05, 4.69) is 22.5 Å². The molecule has 0 spiro atoms. The third-order valence-corrected chi connectivity index (χ3v) is 3.43. The minimum atomic E-state index is -0.948. The molecule has 0 radical (unpaired) electrons. The molecule has 0 saturated carbocycles. The van der Waals surface area contributed by atoms with Gasteiger partial charge in [-0.25, -0.2) is 4.79 Å². The first-order valence-electron chi connectivity index (χ1n) is 8.62. The summed E-state index contributed by atoms with van der Waals surface area (Å²) in [7, 11) is 2.01. The molecule has 0 bridgehead atoms. The molecule has 2 rings (SSSR count). The van der Waals surface area contributed by atoms with Crippen LogP contribution in [0.25, 0.3) is 0 Å². The molecule has 2 aromatic carbocycles. The van der Waals surface area contributed by atoms with Gasteiger partial charge in [0.05, 0.1) is 16.9 Å². The number of nitrogens with zero attached hydrogens (tertiary/aromatic N) is 2. The van der Waals surface area contributed by atoms with E-state index in [1.54, 1.807) is 12.1 Å². The van der Waals surface area contributed by atoms with E-state index in [9.17, 15) is 4.79 Å². The summed E-state index contributed by atoms with van der Waals surface area (Å²) >= 11 is 0. The number of azo groups is 1. The van der Waals surface area contributed by atoms with Crippen LogP contribution >= 0.6 is 0 Å². The standard InChI is InChI=1S/C13H10N2O2.C7H17N/c16-13(17)10-6-8-12(9-7-10)15-14-11-4-2-1-3-5-11;1-3-4-5-6-7-8-2/h1-9H,(H,16,17);8H,3-7H2,1-2H3. The zero-order chi connectivity index (χ0) is 18.3. The van der Waals surface area contributed by atoms with Crippen molar-refractivity contribution >= 4 is 17.3 Å². The number of rotatable bonds is 8. The average molecular weight is 341 g/mol. The van der Waals surface area contributed by atoms with Gasteiger partial charge < -0.3 is 10.4 Å². The number of benzene rings is 2. The number of nitrogens with one attached hydrogen (secondary N) is 1. The van der Waals surface area contributed by atoms with Crippen LogP contribution in [0.3, 0.4) is 0 Å². The highest BCUT2D eigenvalue weighted by molar-refractivity contribution is 5.87. The van der Waals surface area contributed by atoms with E-state index in [-0.39, 0.29) is 5.56 Å². The SMILES string of the molecule is CCCCCCNC.O=C(O)c1ccc(N=Nc2ccccc2)cc1. The van der Waals surface area contributed by atoms with Gasteiger partial charge in [0.1, 0.15) is 0 Å². The van der Waals surface area contributed by atoms with Crippen LogP contribution in [0.15, 0.2) is 64.8 Å². The first-order valence-corrected chi connectivity index (χ1v) is 8.62. The lowest BCUT2D eigenvalue weighted by molar-refractivity contribution is 0.0697. The summed E-state index contributed by atoms with van der Waals surface area (Å²) in [4.78, 5) is 10.6. The fraction of sp³-hybridized carbons (Fsp3) is 0.350. The van der Waals surface area contributed by atoms with Crippen molar-refractivity contribution < 1.29 is 9.90 Å². The summed E-state index contributed by atoms with van der Waals surface area (Å²) in [6, 6.07) is 15.6. The lowest BCUT2D eigenvalue weighted by Gasteiger charge is -1.95. The highest BCUT2D eigenvalue weighted by Crippen LogP contribution is 2.18. The third-order valence-electron chi connectivity index (χ3n) is 3.43. The van der Waals surface area contributed by atoms with E-state index in [0.29, 0.717) is 5.69 Å². The first-order chi connectivity index (χ1) is 12.2. The summed E-state index contributed by atoms with van der Waals surface area (Å²) in [6.45, 7) is 3.42. The fourth-order valence-corrected chi connectivity index (χ4v) is 2.01. The van der Waals surface area contributed by atoms with Crippen molar-refractivity contribution in [1.29, 1.82) is 0 Å². The van der Waals surface area contributed by atoms with E-state index in [1.807, 2.05) is 37.4 Å². The molecular formula is C20H27N3O2. The molecule has 2 aromatic rings. The quantitative estimate of drug-likeness (QED) is 0.486. The van der Waals surface area contributed by atoms with Gasteiger partial charge in [0.15, 0.2) is 0 Å². The molecule has 0 heterocycles. The van der Waals surface area contributed by atoms with Gasteiger partial charge in [0, 0.05) is 0 Å². The predicted octanol–water partition coefficient (Wildman–Crippen LogP) is 5.59. The molecule has 0 unspecified atom stereocenters. The molecule has 25 heavy (non-hydrogen) atoms. The lowest BCUT2D eigenvalue weighted by Crippen LogP contribution is -2.06. The van der Waals surface area contributed by atoms with Crippen molar-refractivity contribution in [1.82, 2.24) is 5.32 Å². The number of hydrogen-bond acceptors (Lipinski definition) is 4. The van der Waals surface area contributed by atoms with E-state index in [0.717, 1.165) is 5.69 Å². The summed E-state index contributed by atoms with van der Waals surface area (Å²) in [5.41, 5.74) is 1.62. The zero-order valence-electron chi connectivity index (χ0n) is 15.0. The number of carboxylic acids is 1. The second-order valence-corrected chi connectivity index (χ2v) is 5.55. The maximum absolute atomic E-state index is 10.6. The molecule has 0 fully saturated rings. The summed E-state index contributed by atoms with van der Waals surface area (Å²) in [5, 5.41) is 19.9. The molecule has 2 N–H and O–H groups in total. The van der Waals surface area contributed by atoms with Gasteiger partial charge >= 0.3 is 5.97 Å². The Morgan fingerprint density at radius 1 is 0.920 bits per heavy atom. The maximum Gasteiger partial charge on any atom is 0.335 e. The zero-order valence-corrected chi connectivity index (χ0v) is 15.0. The van der Waals surface area contributed by atoms with Crippen LogP contribution in [0.4, 0.5) is 11.4 Å². The third kappa shape index (κ3) is 9.37. The molecule has 0 saturated heterocycles. The predicted molar refractivity (Wildman–Crippen MR) is 102 cm³/mol. The maximum atomic E-state index is 10.6. The number of carbonyl (C=O) groups is 1. The molecule has 0 amide bonds. The topological polar surface area (TPSA) is 74.0 Å². The van der Waals surface area contributed by atoms with Crippen LogP contribution in [0.1, 0.15) is 43.0 Å². The first kappa shape index (κ1) is 20.5. The monoisotopic (exact) mass is 341 g/mol. The molecule has 5 heteroatoms. The smallest absolute Gasteiger partial charge is 0.335 e. The van der Waals surface area contributed by atoms with Crippen molar-refractivity contribution in [3.8, 4) is 0 Å². The minimum Gasteiger partial charge on any atom is -0.478 e. The van der Waals surface area contributed by atoms with Crippen LogP contribution in [0.2, 0.25) is 0 Å². The molecule has 134 valence electrons. The van der Waals surface area contributed by atoms with Crippen molar-refractivity contribution in [3.63, 3.8) is 0 Å². The van der Waals surface area contributed by atoms with Crippen LogP contribution < -0.4 is 5.32 Å². The Morgan fingerprint density at radius 3 is 2.04 bits per heavy atom. The van der Waals surface area contributed by atoms with E-state index in [4.69, 9.17) is 5.11 Å². The molecule has 0 aromatic heterocycles. The van der Waals surface area contributed by atoms with Crippen molar-refractivity contribution in [2.45, 2.75) is 32.6 Å². The molecule has 5 nitrogen and oxygen atoms in total. The second-order valence-electron chi connectivity index (χ2n) is 5.55. The highest BCUT2D eigenvalue weighted by atomic mass is 16.4. The van der Waals surface area contributed by atoms with Crippen LogP contribution in [-0.2, 0) is 0 Å². The molecular weight excluding hydrogens is 314 g/mol. The normalized spacial score (nSPS) is 10.3. The second kappa shape index (κ2) is 12.8. The Kier molecular flexibility index (Phi) is 10.5. The summed E-state index contributed by atoms with van der Waals surface area (Å²) < 4.78 is 0. The van der Waals surface area contributed by atoms with E-state index < -0.39 is 5.97 Å². The average Bonchev–Trinajstić information content (AvgIpc) is 2.65. The van der Waals surface area contributed by atoms with E-state index in [1.165, 1.54) is 44.4 Å². The largest absolute Gasteiger partial charge is 0.478 e. The Bertz CT molecular complexity index is 619. The number of hydrogen-bond donors (Lipinski definition) is 2. The fourth-order valence-electron chi connectivity index (χ4n) is 2.01. The van der Waals surface area contributed by atoms with Crippen LogP contribution in [0.5, 0.6) is 0 Å². The lowest BCUT2D eigenvalue weighted by atomic mass is 10.2. The van der Waals surface area contributed by atoms with Gasteiger partial charge in [-0.2, -0.15) is 10.2 Å². The highest BCUT2D eigenvalue weighted by Gasteiger charge is 2.00. The van der Waals surface area contributed by atoms with Gasteiger partial charge in [-0.15, -0.1) is 0 Å². The van der Waals surface area contributed by atoms with Gasteiger partial charge in [-0.05, 0) is 56.4 Å². The molecule has 0 aliphatic heterocycles. The van der Waals surface area contributed by atoms with Gasteiger partial charge in [0.2, 0.25) is 0 Å². The Balaban J connectivity index is 0.000000333. The van der Waals surface area contributed by atoms with Gasteiger partial charge in [-0.3, -0.25) is 0 Å². The Labute approximate surface area is 149 Å². The van der Waals surface area contributed by atoms with Gasteiger partial charge in [0.25, 0.3) is 0 Å². The molecule has 0 aliphatic rings. The minimum absolute atomic E-state index is 0.240. The number of unbranched alkanes of at least 4 members (excludes halogenated alkanes) is 3. The van der Waals surface area contributed by atoms with Crippen molar-refractivity contribution in [2.75, 3.05) is 13.6 Å². The van der Waals surface area contributed by atoms with Crippen LogP contribution in [0, 0.1) is 0 Å². The van der Waals surface area contributed by atoms with Crippen molar-refractivity contribution in [2.24, 2.45) is 10.2 Å².